The van der Waals surface area contributed by atoms with Crippen LogP contribution in [0.25, 0.3) is 0 Å². The first-order valence-corrected chi connectivity index (χ1v) is 16.9. The second-order valence-corrected chi connectivity index (χ2v) is 13.7. The molecular weight excluding hydrogens is 699 g/mol. The second-order valence-electron chi connectivity index (χ2n) is 13.2. The first-order valence-electron chi connectivity index (χ1n) is 16.1. The van der Waals surface area contributed by atoms with Crippen molar-refractivity contribution in [2.45, 2.75) is 63.6 Å². The molecule has 4 aliphatic carbocycles. The largest absolute Gasteiger partial charge is 0.491 e. The summed E-state index contributed by atoms with van der Waals surface area (Å²) >= 11 is 1.81. The fraction of sp³-hybridized carbons (Fsp3) is 0.514. The number of esters is 2. The summed E-state index contributed by atoms with van der Waals surface area (Å²) in [5, 5.41) is 0. The summed E-state index contributed by atoms with van der Waals surface area (Å²) < 4.78 is 33.5. The van der Waals surface area contributed by atoms with Gasteiger partial charge in [-0.1, -0.05) is 37.4 Å². The van der Waals surface area contributed by atoms with Gasteiger partial charge >= 0.3 is 11.9 Å². The summed E-state index contributed by atoms with van der Waals surface area (Å²) in [4.78, 5) is 23.6. The zero-order valence-corrected chi connectivity index (χ0v) is 29.2. The summed E-state index contributed by atoms with van der Waals surface area (Å²) in [5.74, 6) is 3.45. The van der Waals surface area contributed by atoms with E-state index in [1.165, 1.54) is 43.2 Å². The van der Waals surface area contributed by atoms with Gasteiger partial charge in [0.25, 0.3) is 0 Å². The number of hydrogen-bond donors (Lipinski definition) is 0. The maximum atomic E-state index is 11.8. The highest BCUT2D eigenvalue weighted by atomic mass is 127. The number of methoxy groups -OCH3 is 1. The van der Waals surface area contributed by atoms with E-state index < -0.39 is 18.0 Å². The number of rotatable bonds is 16. The Morgan fingerprint density at radius 1 is 0.717 bits per heavy atom. The Morgan fingerprint density at radius 3 is 1.52 bits per heavy atom. The molecule has 0 amide bonds. The van der Waals surface area contributed by atoms with Crippen LogP contribution in [0.3, 0.4) is 0 Å². The van der Waals surface area contributed by atoms with Crippen molar-refractivity contribution in [2.75, 3.05) is 33.5 Å². The van der Waals surface area contributed by atoms with Gasteiger partial charge in [-0.15, -0.1) is 0 Å². The van der Waals surface area contributed by atoms with Gasteiger partial charge in [0, 0.05) is 23.7 Å². The standard InChI is InChI=1S/C37H45IO8/c1-23(2)35(39)44-20-33(41-5)19-42-31-10-6-27(7-11-31)37(29-15-25-14-26(17-29)18-30(37)16-25)28-8-12-32(13-9-28)43-21-34(46-38)22-45-36(40)24(3)4/h6-13,25-26,29-30,33-34H,1,3,14-22H2,2,4-5H3. The molecule has 248 valence electrons. The van der Waals surface area contributed by atoms with Crippen molar-refractivity contribution in [3.05, 3.63) is 84.0 Å². The first kappa shape index (κ1) is 34.4. The van der Waals surface area contributed by atoms with E-state index >= 15 is 0 Å². The maximum absolute atomic E-state index is 11.8. The second kappa shape index (κ2) is 15.3. The highest BCUT2D eigenvalue weighted by Gasteiger charge is 2.58. The Hall–Kier alpha value is -2.89. The molecule has 4 fully saturated rings. The zero-order valence-electron chi connectivity index (χ0n) is 27.0. The van der Waals surface area contributed by atoms with Crippen molar-refractivity contribution in [3.63, 3.8) is 0 Å². The molecule has 9 heteroatoms. The fourth-order valence-electron chi connectivity index (χ4n) is 7.94. The molecule has 0 aromatic heterocycles. The normalized spacial score (nSPS) is 25.7. The van der Waals surface area contributed by atoms with Gasteiger partial charge in [-0.25, -0.2) is 9.59 Å². The number of benzene rings is 2. The number of hydrogen-bond acceptors (Lipinski definition) is 8. The Bertz CT molecular complexity index is 1270. The molecule has 0 heterocycles. The van der Waals surface area contributed by atoms with Crippen LogP contribution in [0.5, 0.6) is 11.5 Å². The molecule has 2 aromatic carbocycles. The first-order chi connectivity index (χ1) is 22.1. The Labute approximate surface area is 286 Å². The van der Waals surface area contributed by atoms with E-state index in [9.17, 15) is 9.59 Å². The average molecular weight is 745 g/mol. The summed E-state index contributed by atoms with van der Waals surface area (Å²) in [6.45, 7) is 11.2. The monoisotopic (exact) mass is 744 g/mol. The molecule has 0 spiro atoms. The van der Waals surface area contributed by atoms with Crippen molar-refractivity contribution in [1.29, 1.82) is 0 Å². The van der Waals surface area contributed by atoms with Crippen molar-refractivity contribution in [3.8, 4) is 11.5 Å². The van der Waals surface area contributed by atoms with E-state index in [2.05, 4.69) is 61.7 Å². The lowest BCUT2D eigenvalue weighted by molar-refractivity contribution is -0.143. The molecule has 2 aromatic rings. The SMILES string of the molecule is C=C(C)C(=O)OCC(COc1ccc(C2(c3ccc(OCC(COC(=O)C(=C)C)OI)cc3)C3CC4CC(C3)CC2C4)cc1)OC. The molecule has 0 aliphatic heterocycles. The molecular formula is C37H45IO8. The van der Waals surface area contributed by atoms with Gasteiger partial charge in [-0.3, -0.25) is 0 Å². The molecule has 6 rings (SSSR count). The summed E-state index contributed by atoms with van der Waals surface area (Å²) in [5.41, 5.74) is 3.30. The molecule has 0 radical (unpaired) electrons. The molecule has 4 saturated carbocycles. The number of carbonyl (C=O) groups excluding carboxylic acids is 2. The van der Waals surface area contributed by atoms with Crippen LogP contribution in [0.15, 0.2) is 72.8 Å². The van der Waals surface area contributed by atoms with Gasteiger partial charge in [-0.05, 0) is 105 Å². The number of carbonyl (C=O) groups is 2. The van der Waals surface area contributed by atoms with E-state index in [1.54, 1.807) is 21.0 Å². The lowest BCUT2D eigenvalue weighted by Crippen LogP contribution is -2.56. The van der Waals surface area contributed by atoms with Crippen LogP contribution < -0.4 is 9.47 Å². The van der Waals surface area contributed by atoms with Crippen LogP contribution in [0.1, 0.15) is 57.1 Å². The van der Waals surface area contributed by atoms with E-state index in [-0.39, 0.29) is 37.9 Å². The molecule has 2 atom stereocenters. The third-order valence-electron chi connectivity index (χ3n) is 9.92. The van der Waals surface area contributed by atoms with Crippen LogP contribution in [-0.4, -0.2) is 57.7 Å². The zero-order chi connectivity index (χ0) is 32.8. The molecule has 0 saturated heterocycles. The fourth-order valence-corrected chi connectivity index (χ4v) is 8.23. The molecule has 0 N–H and O–H groups in total. The minimum absolute atomic E-state index is 0.0686. The molecule has 2 unspecified atom stereocenters. The van der Waals surface area contributed by atoms with Crippen molar-refractivity contribution < 1.29 is 36.3 Å². The van der Waals surface area contributed by atoms with Gasteiger partial charge in [0.15, 0.2) is 0 Å². The van der Waals surface area contributed by atoms with Gasteiger partial charge in [0.2, 0.25) is 0 Å². The number of ether oxygens (including phenoxy) is 5. The summed E-state index contributed by atoms with van der Waals surface area (Å²) in [6.07, 6.45) is 5.65. The molecule has 4 bridgehead atoms. The smallest absolute Gasteiger partial charge is 0.333 e. The Kier molecular flexibility index (Phi) is 11.5. The van der Waals surface area contributed by atoms with E-state index in [0.29, 0.717) is 23.0 Å². The summed E-state index contributed by atoms with van der Waals surface area (Å²) in [6, 6.07) is 17.1. The molecule has 8 nitrogen and oxygen atoms in total. The third-order valence-corrected chi connectivity index (χ3v) is 10.6. The van der Waals surface area contributed by atoms with Gasteiger partial charge in [-0.2, -0.15) is 0 Å². The Balaban J connectivity index is 1.30. The predicted molar refractivity (Wildman–Crippen MR) is 183 cm³/mol. The minimum atomic E-state index is -0.441. The van der Waals surface area contributed by atoms with E-state index in [0.717, 1.165) is 23.3 Å². The highest BCUT2D eigenvalue weighted by Crippen LogP contribution is 2.65. The van der Waals surface area contributed by atoms with Crippen LogP contribution in [-0.2, 0) is 32.3 Å². The van der Waals surface area contributed by atoms with Crippen LogP contribution in [0.4, 0.5) is 0 Å². The van der Waals surface area contributed by atoms with E-state index in [1.807, 2.05) is 23.0 Å². The molecule has 4 aliphatic rings. The lowest BCUT2D eigenvalue weighted by Gasteiger charge is -2.62. The van der Waals surface area contributed by atoms with Crippen molar-refractivity contribution >= 4 is 34.9 Å². The Morgan fingerprint density at radius 2 is 1.13 bits per heavy atom. The van der Waals surface area contributed by atoms with Crippen molar-refractivity contribution in [1.82, 2.24) is 0 Å². The summed E-state index contributed by atoms with van der Waals surface area (Å²) in [7, 11) is 1.58. The van der Waals surface area contributed by atoms with Crippen LogP contribution in [0, 0.1) is 23.7 Å². The van der Waals surface area contributed by atoms with Crippen molar-refractivity contribution in [2.24, 2.45) is 23.7 Å². The van der Waals surface area contributed by atoms with Crippen LogP contribution >= 0.6 is 23.0 Å². The molecule has 46 heavy (non-hydrogen) atoms. The van der Waals surface area contributed by atoms with E-state index in [4.69, 9.17) is 26.8 Å². The van der Waals surface area contributed by atoms with Gasteiger partial charge in [0.05, 0.1) is 0 Å². The maximum Gasteiger partial charge on any atom is 0.333 e. The van der Waals surface area contributed by atoms with Gasteiger partial charge in [0.1, 0.15) is 73.1 Å². The predicted octanol–water partition coefficient (Wildman–Crippen LogP) is 7.18. The topological polar surface area (TPSA) is 89.5 Å². The quantitative estimate of drug-likeness (QED) is 0.102. The minimum Gasteiger partial charge on any atom is -0.491 e. The third kappa shape index (κ3) is 7.63. The van der Waals surface area contributed by atoms with Crippen LogP contribution in [0.2, 0.25) is 0 Å². The number of halogens is 1. The highest BCUT2D eigenvalue weighted by molar-refractivity contribution is 14.1. The lowest BCUT2D eigenvalue weighted by atomic mass is 9.42. The average Bonchev–Trinajstić information content (AvgIpc) is 3.05. The van der Waals surface area contributed by atoms with Gasteiger partial charge < -0.3 is 26.8 Å².